The Bertz CT molecular complexity index is 416. The lowest BCUT2D eigenvalue weighted by Crippen LogP contribution is -2.36. The highest BCUT2D eigenvalue weighted by molar-refractivity contribution is 6.30. The fraction of sp³-hybridized carbons (Fsp3) is 0.643. The molecule has 1 fully saturated rings. The molecule has 1 heterocycles. The smallest absolute Gasteiger partial charge is 0.128 e. The Labute approximate surface area is 119 Å². The molecule has 19 heavy (non-hydrogen) atoms. The van der Waals surface area contributed by atoms with Gasteiger partial charge in [0.25, 0.3) is 0 Å². The zero-order chi connectivity index (χ0) is 13.8. The number of hydrogen-bond acceptors (Lipinski definition) is 4. The average molecular weight is 283 g/mol. The van der Waals surface area contributed by atoms with Crippen molar-refractivity contribution in [3.8, 4) is 0 Å². The highest BCUT2D eigenvalue weighted by atomic mass is 35.5. The van der Waals surface area contributed by atoms with Gasteiger partial charge in [0, 0.05) is 11.8 Å². The third kappa shape index (κ3) is 3.38. The molecule has 1 atom stereocenters. The molecule has 1 saturated carbocycles. The van der Waals surface area contributed by atoms with Crippen molar-refractivity contribution in [1.29, 1.82) is 0 Å². The van der Waals surface area contributed by atoms with E-state index in [9.17, 15) is 0 Å². The Kier molecular flexibility index (Phi) is 5.02. The van der Waals surface area contributed by atoms with Gasteiger partial charge in [-0.05, 0) is 30.7 Å². The number of hydrazine groups is 1. The van der Waals surface area contributed by atoms with Crippen molar-refractivity contribution in [2.75, 3.05) is 5.73 Å². The van der Waals surface area contributed by atoms with Gasteiger partial charge in [-0.3, -0.25) is 11.3 Å². The van der Waals surface area contributed by atoms with E-state index in [0.29, 0.717) is 16.8 Å². The van der Waals surface area contributed by atoms with Crippen LogP contribution in [-0.4, -0.2) is 4.98 Å². The van der Waals surface area contributed by atoms with Crippen LogP contribution in [0.5, 0.6) is 0 Å². The van der Waals surface area contributed by atoms with E-state index in [1.807, 2.05) is 6.07 Å². The van der Waals surface area contributed by atoms with Crippen molar-refractivity contribution < 1.29 is 0 Å². The Balaban J connectivity index is 2.14. The summed E-state index contributed by atoms with van der Waals surface area (Å²) in [7, 11) is 0. The molecule has 5 N–H and O–H groups in total. The first-order valence-corrected chi connectivity index (χ1v) is 7.40. The van der Waals surface area contributed by atoms with Crippen molar-refractivity contribution >= 4 is 17.4 Å². The lowest BCUT2D eigenvalue weighted by atomic mass is 9.76. The number of nitrogens with one attached hydrogen (secondary N) is 1. The van der Waals surface area contributed by atoms with Gasteiger partial charge in [-0.1, -0.05) is 37.8 Å². The minimum absolute atomic E-state index is 0.0454. The largest absolute Gasteiger partial charge is 0.383 e. The summed E-state index contributed by atoms with van der Waals surface area (Å²) in [5, 5.41) is 0.603. The summed E-state index contributed by atoms with van der Waals surface area (Å²) in [6, 6.07) is 1.92. The van der Waals surface area contributed by atoms with E-state index in [0.717, 1.165) is 11.5 Å². The Morgan fingerprint density at radius 3 is 2.68 bits per heavy atom. The van der Waals surface area contributed by atoms with E-state index in [2.05, 4.69) is 17.3 Å². The summed E-state index contributed by atoms with van der Waals surface area (Å²) in [5.74, 6) is 7.64. The maximum atomic E-state index is 6.02. The molecule has 1 unspecified atom stereocenters. The first-order valence-electron chi connectivity index (χ1n) is 7.02. The minimum Gasteiger partial charge on any atom is -0.383 e. The molecule has 0 saturated heterocycles. The van der Waals surface area contributed by atoms with Crippen LogP contribution in [0.2, 0.25) is 5.02 Å². The van der Waals surface area contributed by atoms with Gasteiger partial charge in [0.05, 0.1) is 11.1 Å². The molecule has 2 rings (SSSR count). The van der Waals surface area contributed by atoms with Gasteiger partial charge in [-0.2, -0.15) is 0 Å². The van der Waals surface area contributed by atoms with Crippen molar-refractivity contribution in [2.24, 2.45) is 17.7 Å². The number of nitrogens with zero attached hydrogens (tertiary/aromatic N) is 1. The molecule has 0 radical (unpaired) electrons. The van der Waals surface area contributed by atoms with E-state index in [1.54, 1.807) is 6.20 Å². The Morgan fingerprint density at radius 2 is 2.11 bits per heavy atom. The van der Waals surface area contributed by atoms with Gasteiger partial charge in [0.1, 0.15) is 5.82 Å². The molecule has 0 amide bonds. The molecule has 0 aliphatic heterocycles. The fourth-order valence-corrected chi connectivity index (χ4v) is 3.29. The lowest BCUT2D eigenvalue weighted by Gasteiger charge is -2.33. The number of halogens is 1. The van der Waals surface area contributed by atoms with Crippen LogP contribution in [0.25, 0.3) is 0 Å². The standard InChI is InChI=1S/C14H23ClN4/c1-2-9-3-5-10(6-4-9)13(19-17)12-7-11(15)8-18-14(12)16/h7-10,13,19H,2-6,17H2,1H3,(H2,16,18). The van der Waals surface area contributed by atoms with E-state index < -0.39 is 0 Å². The Morgan fingerprint density at radius 1 is 1.42 bits per heavy atom. The molecule has 1 aromatic heterocycles. The highest BCUT2D eigenvalue weighted by Gasteiger charge is 2.28. The molecule has 1 aliphatic rings. The molecule has 4 nitrogen and oxygen atoms in total. The van der Waals surface area contributed by atoms with Gasteiger partial charge in [0.15, 0.2) is 0 Å². The third-order valence-corrected chi connectivity index (χ3v) is 4.58. The van der Waals surface area contributed by atoms with Crippen LogP contribution in [0.3, 0.4) is 0 Å². The molecule has 1 aromatic rings. The molecule has 0 aromatic carbocycles. The monoisotopic (exact) mass is 282 g/mol. The predicted molar refractivity (Wildman–Crippen MR) is 79.5 cm³/mol. The minimum atomic E-state index is 0.0454. The zero-order valence-corrected chi connectivity index (χ0v) is 12.2. The Hall–Kier alpha value is -0.840. The zero-order valence-electron chi connectivity index (χ0n) is 11.4. The lowest BCUT2D eigenvalue weighted by molar-refractivity contribution is 0.219. The third-order valence-electron chi connectivity index (χ3n) is 4.37. The van der Waals surface area contributed by atoms with Crippen LogP contribution < -0.4 is 17.0 Å². The van der Waals surface area contributed by atoms with Crippen molar-refractivity contribution in [3.05, 3.63) is 22.8 Å². The molecule has 0 bridgehead atoms. The van der Waals surface area contributed by atoms with E-state index in [4.69, 9.17) is 23.2 Å². The fourth-order valence-electron chi connectivity index (χ4n) is 3.12. The number of anilines is 1. The van der Waals surface area contributed by atoms with Crippen LogP contribution in [0, 0.1) is 11.8 Å². The average Bonchev–Trinajstić information content (AvgIpc) is 2.44. The second-order valence-corrected chi connectivity index (χ2v) is 5.90. The normalized spacial score (nSPS) is 25.2. The summed E-state index contributed by atoms with van der Waals surface area (Å²) < 4.78 is 0. The van der Waals surface area contributed by atoms with Crippen LogP contribution in [0.15, 0.2) is 12.3 Å². The number of rotatable bonds is 4. The topological polar surface area (TPSA) is 77.0 Å². The van der Waals surface area contributed by atoms with Crippen LogP contribution >= 0.6 is 11.6 Å². The SMILES string of the molecule is CCC1CCC(C(NN)c2cc(Cl)cnc2N)CC1. The van der Waals surface area contributed by atoms with E-state index in [1.165, 1.54) is 32.1 Å². The molecular weight excluding hydrogens is 260 g/mol. The van der Waals surface area contributed by atoms with Crippen LogP contribution in [-0.2, 0) is 0 Å². The van der Waals surface area contributed by atoms with Crippen molar-refractivity contribution in [2.45, 2.75) is 45.1 Å². The molecule has 1 aliphatic carbocycles. The number of nitrogens with two attached hydrogens (primary N) is 2. The first-order chi connectivity index (χ1) is 9.15. The van der Waals surface area contributed by atoms with Gasteiger partial charge in [-0.15, -0.1) is 0 Å². The van der Waals surface area contributed by atoms with Gasteiger partial charge >= 0.3 is 0 Å². The number of nitrogen functional groups attached to an aromatic ring is 1. The summed E-state index contributed by atoms with van der Waals surface area (Å²) in [4.78, 5) is 4.12. The number of hydrogen-bond donors (Lipinski definition) is 3. The second-order valence-electron chi connectivity index (χ2n) is 5.46. The maximum Gasteiger partial charge on any atom is 0.128 e. The van der Waals surface area contributed by atoms with Crippen molar-refractivity contribution in [3.63, 3.8) is 0 Å². The quantitative estimate of drug-likeness (QED) is 0.586. The van der Waals surface area contributed by atoms with E-state index in [-0.39, 0.29) is 6.04 Å². The highest BCUT2D eigenvalue weighted by Crippen LogP contribution is 2.39. The summed E-state index contributed by atoms with van der Waals surface area (Å²) >= 11 is 6.02. The number of pyridine rings is 1. The van der Waals surface area contributed by atoms with Crippen LogP contribution in [0.1, 0.15) is 50.6 Å². The van der Waals surface area contributed by atoms with Crippen LogP contribution in [0.4, 0.5) is 5.82 Å². The molecule has 0 spiro atoms. The molecule has 106 valence electrons. The first kappa shape index (κ1) is 14.6. The van der Waals surface area contributed by atoms with E-state index >= 15 is 0 Å². The maximum absolute atomic E-state index is 6.02. The summed E-state index contributed by atoms with van der Waals surface area (Å²) in [5.41, 5.74) is 9.80. The summed E-state index contributed by atoms with van der Waals surface area (Å²) in [6.45, 7) is 2.27. The second kappa shape index (κ2) is 6.55. The van der Waals surface area contributed by atoms with Gasteiger partial charge in [-0.25, -0.2) is 4.98 Å². The molecule has 5 heteroatoms. The van der Waals surface area contributed by atoms with Gasteiger partial charge in [0.2, 0.25) is 0 Å². The molecular formula is C14H23ClN4. The predicted octanol–water partition coefficient (Wildman–Crippen LogP) is 3.04. The summed E-state index contributed by atoms with van der Waals surface area (Å²) in [6.07, 6.45) is 7.75. The number of aromatic nitrogens is 1. The van der Waals surface area contributed by atoms with Crippen molar-refractivity contribution in [1.82, 2.24) is 10.4 Å². The van der Waals surface area contributed by atoms with Gasteiger partial charge < -0.3 is 5.73 Å².